The molecule has 0 aromatic carbocycles. The minimum Gasteiger partial charge on any atom is -0.314 e. The van der Waals surface area contributed by atoms with Crippen molar-refractivity contribution in [1.82, 2.24) is 10.3 Å². The number of aryl methyl sites for hydroxylation is 1. The molecular weight excluding hydrogens is 332 g/mol. The predicted molar refractivity (Wildman–Crippen MR) is 90.4 cm³/mol. The van der Waals surface area contributed by atoms with E-state index in [9.17, 15) is 0 Å². The van der Waals surface area contributed by atoms with Crippen LogP contribution in [-0.2, 0) is 12.8 Å². The lowest BCUT2D eigenvalue weighted by Crippen LogP contribution is -2.31. The molecule has 0 amide bonds. The third kappa shape index (κ3) is 5.35. The first-order valence-electron chi connectivity index (χ1n) is 7.14. The second-order valence-electron chi connectivity index (χ2n) is 4.90. The van der Waals surface area contributed by atoms with Crippen LogP contribution in [0.5, 0.6) is 0 Å². The molecule has 2 nitrogen and oxygen atoms in total. The van der Waals surface area contributed by atoms with E-state index in [1.165, 1.54) is 24.1 Å². The number of rotatable bonds is 8. The van der Waals surface area contributed by atoms with E-state index in [0.717, 1.165) is 23.1 Å². The molecule has 0 radical (unpaired) electrons. The van der Waals surface area contributed by atoms with Crippen molar-refractivity contribution >= 4 is 27.3 Å². The average molecular weight is 353 g/mol. The van der Waals surface area contributed by atoms with Gasteiger partial charge in [0.05, 0.1) is 0 Å². The fraction of sp³-hybridized carbons (Fsp3) is 0.438. The second-order valence-corrected chi connectivity index (χ2v) is 6.85. The number of hydrogen-bond acceptors (Lipinski definition) is 3. The quantitative estimate of drug-likeness (QED) is 0.758. The molecule has 0 saturated carbocycles. The maximum Gasteiger partial charge on any atom is 0.0419 e. The van der Waals surface area contributed by atoms with Gasteiger partial charge in [-0.25, -0.2) is 0 Å². The molecule has 0 aliphatic heterocycles. The third-order valence-corrected chi connectivity index (χ3v) is 4.70. The van der Waals surface area contributed by atoms with Crippen LogP contribution in [0.1, 0.15) is 30.3 Å². The van der Waals surface area contributed by atoms with Gasteiger partial charge in [-0.2, -0.15) is 0 Å². The Labute approximate surface area is 133 Å². The molecule has 0 aliphatic carbocycles. The number of pyridine rings is 1. The molecule has 1 atom stereocenters. The van der Waals surface area contributed by atoms with Crippen LogP contribution in [0.25, 0.3) is 0 Å². The Hall–Kier alpha value is -0.710. The molecule has 20 heavy (non-hydrogen) atoms. The summed E-state index contributed by atoms with van der Waals surface area (Å²) in [4.78, 5) is 5.96. The van der Waals surface area contributed by atoms with E-state index in [2.05, 4.69) is 62.8 Å². The highest BCUT2D eigenvalue weighted by Gasteiger charge is 2.09. The Balaban J connectivity index is 1.81. The van der Waals surface area contributed by atoms with Crippen LogP contribution in [0.3, 0.4) is 0 Å². The van der Waals surface area contributed by atoms with Crippen LogP contribution in [0, 0.1) is 0 Å². The van der Waals surface area contributed by atoms with Crippen molar-refractivity contribution in [3.8, 4) is 0 Å². The smallest absolute Gasteiger partial charge is 0.0419 e. The molecule has 0 fully saturated rings. The summed E-state index contributed by atoms with van der Waals surface area (Å²) in [5.74, 6) is 0. The van der Waals surface area contributed by atoms with E-state index < -0.39 is 0 Å². The van der Waals surface area contributed by atoms with E-state index >= 15 is 0 Å². The van der Waals surface area contributed by atoms with Gasteiger partial charge in [0.1, 0.15) is 0 Å². The van der Waals surface area contributed by atoms with Crippen LogP contribution in [0.15, 0.2) is 40.3 Å². The molecular formula is C16H21BrN2S. The molecule has 0 saturated heterocycles. The lowest BCUT2D eigenvalue weighted by Gasteiger charge is -2.17. The highest BCUT2D eigenvalue weighted by atomic mass is 79.9. The van der Waals surface area contributed by atoms with Gasteiger partial charge in [-0.05, 0) is 65.3 Å². The van der Waals surface area contributed by atoms with E-state index in [1.54, 1.807) is 0 Å². The highest BCUT2D eigenvalue weighted by Crippen LogP contribution is 2.15. The largest absolute Gasteiger partial charge is 0.314 e. The first-order chi connectivity index (χ1) is 9.78. The third-order valence-electron chi connectivity index (χ3n) is 3.29. The van der Waals surface area contributed by atoms with E-state index in [0.29, 0.717) is 6.04 Å². The summed E-state index contributed by atoms with van der Waals surface area (Å²) >= 11 is 5.28. The van der Waals surface area contributed by atoms with Crippen LogP contribution < -0.4 is 5.32 Å². The fourth-order valence-corrected chi connectivity index (χ4v) is 3.31. The highest BCUT2D eigenvalue weighted by molar-refractivity contribution is 9.10. The molecule has 0 aliphatic rings. The SMILES string of the molecule is CCNC(CCCc1cccs1)Cc1ccc(Br)cn1. The van der Waals surface area contributed by atoms with Gasteiger partial charge in [-0.3, -0.25) is 4.98 Å². The molecule has 0 spiro atoms. The first kappa shape index (κ1) is 15.7. The van der Waals surface area contributed by atoms with Crippen molar-refractivity contribution in [3.63, 3.8) is 0 Å². The van der Waals surface area contributed by atoms with Crippen LogP contribution in [0.2, 0.25) is 0 Å². The number of nitrogens with one attached hydrogen (secondary N) is 1. The monoisotopic (exact) mass is 352 g/mol. The van der Waals surface area contributed by atoms with Crippen molar-refractivity contribution in [3.05, 3.63) is 50.9 Å². The molecule has 4 heteroatoms. The molecule has 108 valence electrons. The van der Waals surface area contributed by atoms with Crippen molar-refractivity contribution in [2.45, 2.75) is 38.6 Å². The molecule has 2 aromatic heterocycles. The maximum absolute atomic E-state index is 4.47. The molecule has 0 bridgehead atoms. The standard InChI is InChI=1S/C16H21BrN2S/c1-2-18-14(5-3-6-16-7-4-10-20-16)11-15-9-8-13(17)12-19-15/h4,7-10,12,14,18H,2-3,5-6,11H2,1H3. The Morgan fingerprint density at radius 1 is 1.35 bits per heavy atom. The Morgan fingerprint density at radius 2 is 2.25 bits per heavy atom. The van der Waals surface area contributed by atoms with E-state index in [1.807, 2.05) is 17.5 Å². The Morgan fingerprint density at radius 3 is 2.90 bits per heavy atom. The summed E-state index contributed by atoms with van der Waals surface area (Å²) in [7, 11) is 0. The summed E-state index contributed by atoms with van der Waals surface area (Å²) in [5.41, 5.74) is 1.16. The Bertz CT molecular complexity index is 482. The lowest BCUT2D eigenvalue weighted by atomic mass is 10.0. The second kappa shape index (κ2) is 8.55. The van der Waals surface area contributed by atoms with Gasteiger partial charge >= 0.3 is 0 Å². The zero-order valence-electron chi connectivity index (χ0n) is 11.8. The fourth-order valence-electron chi connectivity index (χ4n) is 2.32. The maximum atomic E-state index is 4.47. The van der Waals surface area contributed by atoms with Crippen LogP contribution in [0.4, 0.5) is 0 Å². The summed E-state index contributed by atoms with van der Waals surface area (Å²) < 4.78 is 1.04. The van der Waals surface area contributed by atoms with Crippen molar-refractivity contribution in [2.75, 3.05) is 6.54 Å². The summed E-state index contributed by atoms with van der Waals surface area (Å²) in [6.45, 7) is 3.18. The molecule has 2 rings (SSSR count). The number of aromatic nitrogens is 1. The predicted octanol–water partition coefficient (Wildman–Crippen LogP) is 4.45. The van der Waals surface area contributed by atoms with E-state index in [4.69, 9.17) is 0 Å². The van der Waals surface area contributed by atoms with Gasteiger partial charge in [0, 0.05) is 33.7 Å². The topological polar surface area (TPSA) is 24.9 Å². The first-order valence-corrected chi connectivity index (χ1v) is 8.81. The van der Waals surface area contributed by atoms with Gasteiger partial charge in [-0.15, -0.1) is 11.3 Å². The van der Waals surface area contributed by atoms with Crippen molar-refractivity contribution in [2.24, 2.45) is 0 Å². The summed E-state index contributed by atoms with van der Waals surface area (Å²) in [5, 5.41) is 5.73. The normalized spacial score (nSPS) is 12.5. The molecule has 2 aromatic rings. The number of halogens is 1. The molecule has 1 unspecified atom stereocenters. The Kier molecular flexibility index (Phi) is 6.70. The number of nitrogens with zero attached hydrogens (tertiary/aromatic N) is 1. The van der Waals surface area contributed by atoms with E-state index in [-0.39, 0.29) is 0 Å². The van der Waals surface area contributed by atoms with Gasteiger partial charge in [0.2, 0.25) is 0 Å². The van der Waals surface area contributed by atoms with Crippen LogP contribution in [-0.4, -0.2) is 17.6 Å². The summed E-state index contributed by atoms with van der Waals surface area (Å²) in [6.07, 6.45) is 6.50. The van der Waals surface area contributed by atoms with Gasteiger partial charge in [-0.1, -0.05) is 13.0 Å². The van der Waals surface area contributed by atoms with Crippen molar-refractivity contribution in [1.29, 1.82) is 0 Å². The number of thiophene rings is 1. The lowest BCUT2D eigenvalue weighted by molar-refractivity contribution is 0.473. The van der Waals surface area contributed by atoms with Gasteiger partial charge < -0.3 is 5.32 Å². The molecule has 1 N–H and O–H groups in total. The average Bonchev–Trinajstić information content (AvgIpc) is 2.95. The minimum atomic E-state index is 0.522. The minimum absolute atomic E-state index is 0.522. The summed E-state index contributed by atoms with van der Waals surface area (Å²) in [6, 6.07) is 9.05. The van der Waals surface area contributed by atoms with Crippen molar-refractivity contribution < 1.29 is 0 Å². The van der Waals surface area contributed by atoms with Crippen LogP contribution >= 0.6 is 27.3 Å². The van der Waals surface area contributed by atoms with Gasteiger partial charge in [0.25, 0.3) is 0 Å². The number of likely N-dealkylation sites (N-methyl/N-ethyl adjacent to an activating group) is 1. The molecule has 2 heterocycles. The van der Waals surface area contributed by atoms with Gasteiger partial charge in [0.15, 0.2) is 0 Å². The zero-order valence-corrected chi connectivity index (χ0v) is 14.2. The number of hydrogen-bond donors (Lipinski definition) is 1. The zero-order chi connectivity index (χ0) is 14.2.